The Bertz CT molecular complexity index is 438. The number of fused-ring (bicyclic) bond motifs is 1. The fraction of sp³-hybridized carbons (Fsp3) is 0.667. The molecular formula is C12H19N5O. The monoisotopic (exact) mass is 249 g/mol. The Balaban J connectivity index is 1.80. The zero-order chi connectivity index (χ0) is 12.5. The molecule has 0 spiro atoms. The maximum absolute atomic E-state index is 5.71. The van der Waals surface area contributed by atoms with Gasteiger partial charge in [-0.15, -0.1) is 0 Å². The third-order valence-electron chi connectivity index (χ3n) is 3.83. The topological polar surface area (TPSA) is 67.5 Å². The number of hydrogen-bond acceptors (Lipinski definition) is 6. The Labute approximate surface area is 107 Å². The summed E-state index contributed by atoms with van der Waals surface area (Å²) in [4.78, 5) is 13.2. The minimum atomic E-state index is 0.276. The second-order valence-electron chi connectivity index (χ2n) is 4.90. The van der Waals surface area contributed by atoms with Crippen molar-refractivity contribution in [3.05, 3.63) is 6.07 Å². The molecule has 2 saturated heterocycles. The molecule has 0 amide bonds. The van der Waals surface area contributed by atoms with Crippen LogP contribution >= 0.6 is 0 Å². The summed E-state index contributed by atoms with van der Waals surface area (Å²) >= 11 is 0. The van der Waals surface area contributed by atoms with Crippen LogP contribution in [0.4, 0.5) is 11.8 Å². The molecule has 18 heavy (non-hydrogen) atoms. The first kappa shape index (κ1) is 11.5. The molecule has 0 saturated carbocycles. The molecule has 98 valence electrons. The molecule has 0 aliphatic carbocycles. The van der Waals surface area contributed by atoms with E-state index in [2.05, 4.69) is 19.8 Å². The highest BCUT2D eigenvalue weighted by atomic mass is 16.5. The Kier molecular flexibility index (Phi) is 2.95. The minimum absolute atomic E-state index is 0.276. The lowest BCUT2D eigenvalue weighted by molar-refractivity contribution is 0.230. The molecule has 3 rings (SSSR count). The average Bonchev–Trinajstić information content (AvgIpc) is 2.85. The van der Waals surface area contributed by atoms with Crippen molar-refractivity contribution < 1.29 is 4.74 Å². The third kappa shape index (κ3) is 2.08. The summed E-state index contributed by atoms with van der Waals surface area (Å²) < 4.78 is 5.14. The highest BCUT2D eigenvalue weighted by Crippen LogP contribution is 2.26. The summed E-state index contributed by atoms with van der Waals surface area (Å²) in [5.41, 5.74) is 5.71. The van der Waals surface area contributed by atoms with Crippen LogP contribution in [0.15, 0.2) is 6.07 Å². The molecule has 1 aromatic rings. The van der Waals surface area contributed by atoms with Crippen LogP contribution in [0.5, 0.6) is 5.88 Å². The van der Waals surface area contributed by atoms with E-state index in [1.165, 1.54) is 19.4 Å². The third-order valence-corrected chi connectivity index (χ3v) is 3.83. The van der Waals surface area contributed by atoms with Gasteiger partial charge in [-0.3, -0.25) is 4.90 Å². The molecule has 2 aliphatic rings. The quantitative estimate of drug-likeness (QED) is 0.816. The van der Waals surface area contributed by atoms with Crippen LogP contribution in [0.2, 0.25) is 0 Å². The number of methoxy groups -OCH3 is 1. The first-order valence-corrected chi connectivity index (χ1v) is 6.44. The Morgan fingerprint density at radius 3 is 3.06 bits per heavy atom. The van der Waals surface area contributed by atoms with Crippen LogP contribution in [0.25, 0.3) is 0 Å². The largest absolute Gasteiger partial charge is 0.481 e. The summed E-state index contributed by atoms with van der Waals surface area (Å²) in [7, 11) is 1.60. The molecule has 0 aromatic carbocycles. The molecule has 6 nitrogen and oxygen atoms in total. The van der Waals surface area contributed by atoms with Gasteiger partial charge in [0.2, 0.25) is 11.8 Å². The van der Waals surface area contributed by atoms with E-state index in [1.54, 1.807) is 7.11 Å². The van der Waals surface area contributed by atoms with Crippen molar-refractivity contribution in [3.8, 4) is 5.88 Å². The van der Waals surface area contributed by atoms with Crippen LogP contribution in [-0.4, -0.2) is 54.2 Å². The maximum Gasteiger partial charge on any atom is 0.225 e. The van der Waals surface area contributed by atoms with E-state index < -0.39 is 0 Å². The van der Waals surface area contributed by atoms with E-state index in [9.17, 15) is 0 Å². The smallest absolute Gasteiger partial charge is 0.225 e. The number of nitrogens with zero attached hydrogens (tertiary/aromatic N) is 4. The molecule has 6 heteroatoms. The van der Waals surface area contributed by atoms with Gasteiger partial charge in [-0.2, -0.15) is 9.97 Å². The second kappa shape index (κ2) is 4.61. The number of rotatable bonds is 2. The first-order chi connectivity index (χ1) is 8.76. The molecule has 1 unspecified atom stereocenters. The Morgan fingerprint density at radius 2 is 2.22 bits per heavy atom. The summed E-state index contributed by atoms with van der Waals surface area (Å²) in [6, 6.07) is 2.53. The predicted octanol–water partition coefficient (Wildman–Crippen LogP) is 0.352. The normalized spacial score (nSPS) is 24.1. The molecular weight excluding hydrogens is 230 g/mol. The Morgan fingerprint density at radius 1 is 1.33 bits per heavy atom. The molecule has 2 aliphatic heterocycles. The fourth-order valence-corrected chi connectivity index (χ4v) is 2.90. The van der Waals surface area contributed by atoms with Gasteiger partial charge in [-0.1, -0.05) is 0 Å². The number of anilines is 2. The van der Waals surface area contributed by atoms with E-state index in [0.29, 0.717) is 11.9 Å². The van der Waals surface area contributed by atoms with Crippen LogP contribution in [0, 0.1) is 0 Å². The summed E-state index contributed by atoms with van der Waals surface area (Å²) in [6.45, 7) is 4.38. The van der Waals surface area contributed by atoms with Gasteiger partial charge in [0.15, 0.2) is 0 Å². The molecule has 2 fully saturated rings. The van der Waals surface area contributed by atoms with Crippen molar-refractivity contribution in [2.75, 3.05) is 43.9 Å². The highest BCUT2D eigenvalue weighted by Gasteiger charge is 2.31. The van der Waals surface area contributed by atoms with Gasteiger partial charge in [-0.25, -0.2) is 0 Å². The van der Waals surface area contributed by atoms with Gasteiger partial charge in [0, 0.05) is 31.7 Å². The van der Waals surface area contributed by atoms with Gasteiger partial charge < -0.3 is 15.4 Å². The second-order valence-corrected chi connectivity index (χ2v) is 4.90. The van der Waals surface area contributed by atoms with Gasteiger partial charge >= 0.3 is 0 Å². The zero-order valence-corrected chi connectivity index (χ0v) is 10.7. The lowest BCUT2D eigenvalue weighted by Crippen LogP contribution is -2.50. The van der Waals surface area contributed by atoms with Crippen molar-refractivity contribution >= 4 is 11.8 Å². The number of aromatic nitrogens is 2. The molecule has 0 radical (unpaired) electrons. The van der Waals surface area contributed by atoms with Crippen LogP contribution < -0.4 is 15.4 Å². The number of ether oxygens (including phenoxy) is 1. The van der Waals surface area contributed by atoms with Crippen LogP contribution in [-0.2, 0) is 0 Å². The van der Waals surface area contributed by atoms with E-state index in [0.717, 1.165) is 25.5 Å². The summed E-state index contributed by atoms with van der Waals surface area (Å²) in [5.74, 6) is 1.69. The van der Waals surface area contributed by atoms with Crippen molar-refractivity contribution in [1.29, 1.82) is 0 Å². The first-order valence-electron chi connectivity index (χ1n) is 6.44. The predicted molar refractivity (Wildman–Crippen MR) is 69.8 cm³/mol. The van der Waals surface area contributed by atoms with Gasteiger partial charge in [0.05, 0.1) is 7.11 Å². The lowest BCUT2D eigenvalue weighted by Gasteiger charge is -2.38. The zero-order valence-electron chi connectivity index (χ0n) is 10.7. The van der Waals surface area contributed by atoms with E-state index >= 15 is 0 Å². The molecule has 1 atom stereocenters. The number of piperazine rings is 1. The average molecular weight is 249 g/mol. The number of hydrogen-bond donors (Lipinski definition) is 1. The number of nitrogen functional groups attached to an aromatic ring is 1. The fourth-order valence-electron chi connectivity index (χ4n) is 2.90. The van der Waals surface area contributed by atoms with Crippen molar-refractivity contribution in [2.24, 2.45) is 0 Å². The van der Waals surface area contributed by atoms with E-state index in [4.69, 9.17) is 10.5 Å². The SMILES string of the molecule is COc1cc(N2CCN3CCCC3C2)nc(N)n1. The molecule has 0 bridgehead atoms. The molecule has 3 heterocycles. The molecule has 2 N–H and O–H groups in total. The van der Waals surface area contributed by atoms with Crippen LogP contribution in [0.1, 0.15) is 12.8 Å². The maximum atomic E-state index is 5.71. The van der Waals surface area contributed by atoms with Crippen molar-refractivity contribution in [2.45, 2.75) is 18.9 Å². The van der Waals surface area contributed by atoms with Crippen molar-refractivity contribution in [1.82, 2.24) is 14.9 Å². The van der Waals surface area contributed by atoms with E-state index in [-0.39, 0.29) is 5.95 Å². The van der Waals surface area contributed by atoms with Crippen molar-refractivity contribution in [3.63, 3.8) is 0 Å². The molecule has 1 aromatic heterocycles. The minimum Gasteiger partial charge on any atom is -0.481 e. The summed E-state index contributed by atoms with van der Waals surface area (Å²) in [6.07, 6.45) is 2.60. The van der Waals surface area contributed by atoms with Crippen LogP contribution in [0.3, 0.4) is 0 Å². The Hall–Kier alpha value is -1.56. The van der Waals surface area contributed by atoms with Gasteiger partial charge in [0.25, 0.3) is 0 Å². The van der Waals surface area contributed by atoms with Gasteiger partial charge in [-0.05, 0) is 19.4 Å². The highest BCUT2D eigenvalue weighted by molar-refractivity contribution is 5.46. The van der Waals surface area contributed by atoms with E-state index in [1.807, 2.05) is 6.07 Å². The van der Waals surface area contributed by atoms with Gasteiger partial charge in [0.1, 0.15) is 5.82 Å². The standard InChI is InChI=1S/C12H19N5O/c1-18-11-7-10(14-12(13)15-11)17-6-5-16-4-2-3-9(16)8-17/h7,9H,2-6,8H2,1H3,(H2,13,14,15). The summed E-state index contributed by atoms with van der Waals surface area (Å²) in [5, 5.41) is 0. The number of nitrogens with two attached hydrogens (primary N) is 1. The lowest BCUT2D eigenvalue weighted by atomic mass is 10.1.